The van der Waals surface area contributed by atoms with E-state index in [2.05, 4.69) is 13.8 Å². The van der Waals surface area contributed by atoms with E-state index in [0.29, 0.717) is 24.2 Å². The predicted octanol–water partition coefficient (Wildman–Crippen LogP) is 4.24. The Kier molecular flexibility index (Phi) is 2.76. The van der Waals surface area contributed by atoms with Gasteiger partial charge in [0.2, 0.25) is 0 Å². The molecule has 14 heavy (non-hydrogen) atoms. The maximum atomic E-state index is 13.1. The Morgan fingerprint density at radius 2 is 2.07 bits per heavy atom. The molecule has 0 aliphatic heterocycles. The van der Waals surface area contributed by atoms with Gasteiger partial charge in [-0.25, -0.2) is 4.39 Å². The largest absolute Gasteiger partial charge is 0.212 e. The SMILES string of the molecule is CC(C)[C@@H]1CCCC2CC(F)=CC=C21. The van der Waals surface area contributed by atoms with Crippen molar-refractivity contribution in [3.63, 3.8) is 0 Å². The summed E-state index contributed by atoms with van der Waals surface area (Å²) in [6.45, 7) is 4.56. The molecule has 78 valence electrons. The summed E-state index contributed by atoms with van der Waals surface area (Å²) in [5, 5.41) is 0. The van der Waals surface area contributed by atoms with Crippen molar-refractivity contribution in [2.75, 3.05) is 0 Å². The normalized spacial score (nSPS) is 32.3. The highest BCUT2D eigenvalue weighted by atomic mass is 19.1. The molecule has 0 radical (unpaired) electrons. The van der Waals surface area contributed by atoms with Gasteiger partial charge in [-0.2, -0.15) is 0 Å². The van der Waals surface area contributed by atoms with Crippen molar-refractivity contribution in [2.45, 2.75) is 39.5 Å². The van der Waals surface area contributed by atoms with Crippen LogP contribution in [0.4, 0.5) is 4.39 Å². The van der Waals surface area contributed by atoms with Crippen LogP contribution in [0.2, 0.25) is 0 Å². The third kappa shape index (κ3) is 1.77. The van der Waals surface area contributed by atoms with Crippen molar-refractivity contribution in [3.8, 4) is 0 Å². The summed E-state index contributed by atoms with van der Waals surface area (Å²) in [6, 6.07) is 0. The summed E-state index contributed by atoms with van der Waals surface area (Å²) in [5.41, 5.74) is 1.52. The molecule has 1 fully saturated rings. The van der Waals surface area contributed by atoms with Crippen LogP contribution >= 0.6 is 0 Å². The first kappa shape index (κ1) is 9.95. The Labute approximate surface area is 85.9 Å². The van der Waals surface area contributed by atoms with Crippen molar-refractivity contribution in [1.29, 1.82) is 0 Å². The smallest absolute Gasteiger partial charge is 0.101 e. The van der Waals surface area contributed by atoms with E-state index in [1.165, 1.54) is 24.8 Å². The van der Waals surface area contributed by atoms with E-state index in [-0.39, 0.29) is 5.83 Å². The summed E-state index contributed by atoms with van der Waals surface area (Å²) < 4.78 is 13.1. The zero-order valence-corrected chi connectivity index (χ0v) is 9.09. The van der Waals surface area contributed by atoms with Crippen molar-refractivity contribution < 1.29 is 4.39 Å². The molecule has 2 rings (SSSR count). The maximum absolute atomic E-state index is 13.1. The molecular weight excluding hydrogens is 175 g/mol. The van der Waals surface area contributed by atoms with E-state index in [1.807, 2.05) is 6.08 Å². The zero-order valence-electron chi connectivity index (χ0n) is 9.09. The molecule has 0 aromatic heterocycles. The third-order valence-electron chi connectivity index (χ3n) is 3.67. The molecule has 0 nitrogen and oxygen atoms in total. The highest BCUT2D eigenvalue weighted by Gasteiger charge is 2.30. The third-order valence-corrected chi connectivity index (χ3v) is 3.67. The number of allylic oxidation sites excluding steroid dienone is 4. The fraction of sp³-hybridized carbons (Fsp3) is 0.692. The molecule has 0 amide bonds. The second kappa shape index (κ2) is 3.88. The Balaban J connectivity index is 2.22. The van der Waals surface area contributed by atoms with Crippen molar-refractivity contribution in [3.05, 3.63) is 23.6 Å². The van der Waals surface area contributed by atoms with Gasteiger partial charge in [0.25, 0.3) is 0 Å². The molecule has 1 saturated carbocycles. The fourth-order valence-electron chi connectivity index (χ4n) is 2.91. The van der Waals surface area contributed by atoms with Crippen LogP contribution in [0.5, 0.6) is 0 Å². The molecule has 2 aliphatic carbocycles. The van der Waals surface area contributed by atoms with Crippen LogP contribution in [0.25, 0.3) is 0 Å². The molecule has 0 spiro atoms. The van der Waals surface area contributed by atoms with Crippen LogP contribution in [-0.4, -0.2) is 0 Å². The molecular formula is C13H19F. The highest BCUT2D eigenvalue weighted by Crippen LogP contribution is 2.43. The van der Waals surface area contributed by atoms with Crippen LogP contribution in [0, 0.1) is 17.8 Å². The summed E-state index contributed by atoms with van der Waals surface area (Å²) in [5.74, 6) is 2.00. The summed E-state index contributed by atoms with van der Waals surface area (Å²) in [7, 11) is 0. The molecule has 0 bridgehead atoms. The molecule has 1 unspecified atom stereocenters. The first-order valence-corrected chi connectivity index (χ1v) is 5.74. The van der Waals surface area contributed by atoms with Gasteiger partial charge in [0.15, 0.2) is 0 Å². The summed E-state index contributed by atoms with van der Waals surface area (Å²) in [4.78, 5) is 0. The Bertz CT molecular complexity index is 273. The number of hydrogen-bond donors (Lipinski definition) is 0. The molecule has 0 saturated heterocycles. The minimum atomic E-state index is 0.0724. The lowest BCUT2D eigenvalue weighted by molar-refractivity contribution is 0.291. The number of rotatable bonds is 1. The summed E-state index contributed by atoms with van der Waals surface area (Å²) in [6.07, 6.45) is 8.15. The van der Waals surface area contributed by atoms with E-state index in [9.17, 15) is 4.39 Å². The number of fused-ring (bicyclic) bond motifs is 1. The van der Waals surface area contributed by atoms with Gasteiger partial charge in [0.1, 0.15) is 5.83 Å². The highest BCUT2D eigenvalue weighted by molar-refractivity contribution is 5.27. The van der Waals surface area contributed by atoms with Gasteiger partial charge in [-0.3, -0.25) is 0 Å². The average molecular weight is 194 g/mol. The van der Waals surface area contributed by atoms with Gasteiger partial charge in [-0.05, 0) is 36.7 Å². The first-order chi connectivity index (χ1) is 6.68. The Hall–Kier alpha value is -0.590. The van der Waals surface area contributed by atoms with E-state index in [1.54, 1.807) is 6.08 Å². The Morgan fingerprint density at radius 3 is 2.79 bits per heavy atom. The zero-order chi connectivity index (χ0) is 10.1. The van der Waals surface area contributed by atoms with Crippen LogP contribution < -0.4 is 0 Å². The van der Waals surface area contributed by atoms with E-state index >= 15 is 0 Å². The molecule has 0 heterocycles. The van der Waals surface area contributed by atoms with Crippen LogP contribution in [0.3, 0.4) is 0 Å². The first-order valence-electron chi connectivity index (χ1n) is 5.74. The lowest BCUT2D eigenvalue weighted by atomic mass is 9.69. The molecule has 2 atom stereocenters. The lowest BCUT2D eigenvalue weighted by Crippen LogP contribution is -2.24. The van der Waals surface area contributed by atoms with Gasteiger partial charge in [0, 0.05) is 6.42 Å². The van der Waals surface area contributed by atoms with Gasteiger partial charge in [-0.1, -0.05) is 31.9 Å². The Morgan fingerprint density at radius 1 is 1.29 bits per heavy atom. The van der Waals surface area contributed by atoms with Gasteiger partial charge in [0.05, 0.1) is 0 Å². The fourth-order valence-corrected chi connectivity index (χ4v) is 2.91. The molecule has 2 aliphatic rings. The average Bonchev–Trinajstić information content (AvgIpc) is 2.16. The molecule has 0 aromatic rings. The monoisotopic (exact) mass is 194 g/mol. The predicted molar refractivity (Wildman–Crippen MR) is 57.6 cm³/mol. The minimum Gasteiger partial charge on any atom is -0.212 e. The quantitative estimate of drug-likeness (QED) is 0.585. The molecule has 1 heteroatoms. The van der Waals surface area contributed by atoms with E-state index < -0.39 is 0 Å². The van der Waals surface area contributed by atoms with Crippen LogP contribution in [0.15, 0.2) is 23.6 Å². The topological polar surface area (TPSA) is 0 Å². The van der Waals surface area contributed by atoms with Crippen LogP contribution in [-0.2, 0) is 0 Å². The molecule has 0 aromatic carbocycles. The lowest BCUT2D eigenvalue weighted by Gasteiger charge is -2.36. The summed E-state index contributed by atoms with van der Waals surface area (Å²) >= 11 is 0. The second-order valence-corrected chi connectivity index (χ2v) is 4.96. The van der Waals surface area contributed by atoms with Gasteiger partial charge < -0.3 is 0 Å². The standard InChI is InChI=1S/C13H19F/c1-9(2)12-5-3-4-10-8-11(14)6-7-13(10)12/h6-7,9-10,12H,3-5,8H2,1-2H3/t10?,12-/m0/s1. The van der Waals surface area contributed by atoms with Gasteiger partial charge in [-0.15, -0.1) is 0 Å². The number of halogens is 1. The molecule has 0 N–H and O–H groups in total. The van der Waals surface area contributed by atoms with E-state index in [0.717, 1.165) is 0 Å². The van der Waals surface area contributed by atoms with Crippen molar-refractivity contribution >= 4 is 0 Å². The maximum Gasteiger partial charge on any atom is 0.101 e. The van der Waals surface area contributed by atoms with Crippen molar-refractivity contribution in [1.82, 2.24) is 0 Å². The van der Waals surface area contributed by atoms with Crippen LogP contribution in [0.1, 0.15) is 39.5 Å². The van der Waals surface area contributed by atoms with E-state index in [4.69, 9.17) is 0 Å². The van der Waals surface area contributed by atoms with Crippen molar-refractivity contribution in [2.24, 2.45) is 17.8 Å². The van der Waals surface area contributed by atoms with Gasteiger partial charge >= 0.3 is 0 Å². The number of hydrogen-bond acceptors (Lipinski definition) is 0. The minimum absolute atomic E-state index is 0.0724. The second-order valence-electron chi connectivity index (χ2n) is 4.96.